The molecule has 2 amide bonds. The van der Waals surface area contributed by atoms with E-state index < -0.39 is 11.4 Å². The van der Waals surface area contributed by atoms with Gasteiger partial charge in [-0.25, -0.2) is 9.18 Å². The predicted octanol–water partition coefficient (Wildman–Crippen LogP) is 3.38. The van der Waals surface area contributed by atoms with Gasteiger partial charge in [0.05, 0.1) is 16.5 Å². The third kappa shape index (κ3) is 4.19. The van der Waals surface area contributed by atoms with Crippen LogP contribution in [0.1, 0.15) is 49.7 Å². The molecule has 1 unspecified atom stereocenters. The second kappa shape index (κ2) is 9.69. The standard InChI is InChI=1S/C30H35FN10O2/c1-17-12-20-24(38-39-37-20)21(18(17)2)25-22(31)23-19(13-32-25)26(40-9-3-6-29(15-40)14-33-27(42)36-29)35-28(34-23)43-16-30-7-4-10-41(30)11-5-8-30/h12-13H,3-11,14-16H2,1-2H3,(H2,33,36,42)(H,37,38,39). The Bertz CT molecular complexity index is 1770. The lowest BCUT2D eigenvalue weighted by molar-refractivity contribution is 0.108. The van der Waals surface area contributed by atoms with Crippen molar-refractivity contribution in [3.63, 3.8) is 0 Å². The van der Waals surface area contributed by atoms with Crippen LogP contribution in [-0.4, -0.2) is 91.7 Å². The van der Waals surface area contributed by atoms with Crippen molar-refractivity contribution in [2.24, 2.45) is 0 Å². The van der Waals surface area contributed by atoms with E-state index in [9.17, 15) is 4.79 Å². The van der Waals surface area contributed by atoms with Crippen molar-refractivity contribution < 1.29 is 13.9 Å². The van der Waals surface area contributed by atoms with Crippen molar-refractivity contribution >= 4 is 33.8 Å². The summed E-state index contributed by atoms with van der Waals surface area (Å²) in [6, 6.07) is 1.92. The highest BCUT2D eigenvalue weighted by Crippen LogP contribution is 2.41. The van der Waals surface area contributed by atoms with Crippen LogP contribution in [0, 0.1) is 19.7 Å². The summed E-state index contributed by atoms with van der Waals surface area (Å²) in [4.78, 5) is 31.0. The van der Waals surface area contributed by atoms with Gasteiger partial charge in [-0.2, -0.15) is 25.4 Å². The summed E-state index contributed by atoms with van der Waals surface area (Å²) in [6.45, 7) is 8.32. The largest absolute Gasteiger partial charge is 0.461 e. The van der Waals surface area contributed by atoms with Crippen LogP contribution in [0.2, 0.25) is 0 Å². The third-order valence-electron chi connectivity index (χ3n) is 10.1. The van der Waals surface area contributed by atoms with Gasteiger partial charge >= 0.3 is 12.0 Å². The number of pyridine rings is 1. The van der Waals surface area contributed by atoms with E-state index >= 15 is 4.39 Å². The number of aromatic amines is 1. The number of nitrogens with zero attached hydrogens (tertiary/aromatic N) is 7. The Morgan fingerprint density at radius 2 is 1.86 bits per heavy atom. The summed E-state index contributed by atoms with van der Waals surface area (Å²) in [7, 11) is 0. The SMILES string of the molecule is Cc1cc2n[nH]nc2c(-c2ncc3c(N4CCCC5(CNC(=O)N5)C4)nc(OCC45CCCN4CCC5)nc3c2F)c1C. The summed E-state index contributed by atoms with van der Waals surface area (Å²) in [5.74, 6) is 0.0194. The van der Waals surface area contributed by atoms with Gasteiger partial charge in [0, 0.05) is 31.4 Å². The lowest BCUT2D eigenvalue weighted by atomic mass is 9.90. The van der Waals surface area contributed by atoms with Crippen molar-refractivity contribution in [2.45, 2.75) is 63.5 Å². The minimum atomic E-state index is -0.548. The molecule has 224 valence electrons. The Kier molecular flexibility index (Phi) is 5.97. The minimum absolute atomic E-state index is 0.00730. The van der Waals surface area contributed by atoms with Crippen molar-refractivity contribution in [1.29, 1.82) is 0 Å². The van der Waals surface area contributed by atoms with Gasteiger partial charge in [0.1, 0.15) is 34.7 Å². The molecule has 3 N–H and O–H groups in total. The number of rotatable bonds is 5. The van der Waals surface area contributed by atoms with E-state index in [2.05, 4.69) is 45.8 Å². The number of hydrogen-bond acceptors (Lipinski definition) is 9. The Balaban J connectivity index is 1.25. The first kappa shape index (κ1) is 26.5. The Labute approximate surface area is 247 Å². The number of benzene rings is 1. The monoisotopic (exact) mass is 586 g/mol. The first-order valence-electron chi connectivity index (χ1n) is 15.2. The molecule has 1 spiro atoms. The molecule has 7 heterocycles. The van der Waals surface area contributed by atoms with E-state index in [0.29, 0.717) is 54.0 Å². The molecule has 12 nitrogen and oxygen atoms in total. The van der Waals surface area contributed by atoms with Crippen molar-refractivity contribution in [3.05, 3.63) is 29.2 Å². The number of ether oxygens (including phenoxy) is 1. The highest BCUT2D eigenvalue weighted by molar-refractivity contribution is 5.97. The predicted molar refractivity (Wildman–Crippen MR) is 159 cm³/mol. The molecular formula is C30H35FN10O2. The number of anilines is 1. The van der Waals surface area contributed by atoms with Crippen LogP contribution in [0.25, 0.3) is 33.2 Å². The van der Waals surface area contributed by atoms with Crippen molar-refractivity contribution in [1.82, 2.24) is 45.9 Å². The number of carbonyl (C=O) groups is 1. The molecule has 4 aliphatic heterocycles. The van der Waals surface area contributed by atoms with Crippen molar-refractivity contribution in [2.75, 3.05) is 44.2 Å². The molecule has 1 atom stereocenters. The van der Waals surface area contributed by atoms with Crippen LogP contribution in [0.3, 0.4) is 0 Å². The maximum atomic E-state index is 16.8. The summed E-state index contributed by atoms with van der Waals surface area (Å²) >= 11 is 0. The minimum Gasteiger partial charge on any atom is -0.461 e. The molecule has 43 heavy (non-hydrogen) atoms. The molecule has 3 aromatic heterocycles. The lowest BCUT2D eigenvalue weighted by Crippen LogP contribution is -2.56. The quantitative estimate of drug-likeness (QED) is 0.321. The maximum absolute atomic E-state index is 16.8. The molecular weight excluding hydrogens is 551 g/mol. The number of hydrogen-bond donors (Lipinski definition) is 3. The topological polar surface area (TPSA) is 137 Å². The zero-order valence-corrected chi connectivity index (χ0v) is 24.5. The fraction of sp³-hybridized carbons (Fsp3) is 0.533. The highest BCUT2D eigenvalue weighted by atomic mass is 19.1. The summed E-state index contributed by atoms with van der Waals surface area (Å²) in [5, 5.41) is 17.7. The van der Waals surface area contributed by atoms with Crippen LogP contribution < -0.4 is 20.3 Å². The Morgan fingerprint density at radius 1 is 1.05 bits per heavy atom. The van der Waals surface area contributed by atoms with Crippen LogP contribution in [0.15, 0.2) is 12.3 Å². The average molecular weight is 587 g/mol. The second-order valence-electron chi connectivity index (χ2n) is 12.7. The Hall–Kier alpha value is -4.13. The fourth-order valence-corrected chi connectivity index (χ4v) is 7.80. The molecule has 4 aromatic rings. The molecule has 0 aliphatic carbocycles. The molecule has 8 rings (SSSR count). The van der Waals surface area contributed by atoms with Crippen LogP contribution in [0.5, 0.6) is 6.01 Å². The number of carbonyl (C=O) groups excluding carboxylic acids is 1. The normalized spacial score (nSPS) is 23.3. The van der Waals surface area contributed by atoms with Gasteiger partial charge in [-0.1, -0.05) is 0 Å². The highest BCUT2D eigenvalue weighted by Gasteiger charge is 2.45. The van der Waals surface area contributed by atoms with Crippen LogP contribution in [0.4, 0.5) is 15.0 Å². The number of fused-ring (bicyclic) bond motifs is 3. The van der Waals surface area contributed by atoms with Gasteiger partial charge in [0.25, 0.3) is 0 Å². The zero-order chi connectivity index (χ0) is 29.3. The molecule has 0 bridgehead atoms. The van der Waals surface area contributed by atoms with Gasteiger partial charge < -0.3 is 20.3 Å². The number of urea groups is 1. The van der Waals surface area contributed by atoms with Crippen LogP contribution >= 0.6 is 0 Å². The fourth-order valence-electron chi connectivity index (χ4n) is 7.80. The number of aromatic nitrogens is 6. The number of aryl methyl sites for hydroxylation is 1. The first-order valence-corrected chi connectivity index (χ1v) is 15.2. The van der Waals surface area contributed by atoms with Crippen molar-refractivity contribution in [3.8, 4) is 17.3 Å². The molecule has 0 radical (unpaired) electrons. The van der Waals surface area contributed by atoms with E-state index in [0.717, 1.165) is 62.7 Å². The number of halogens is 1. The van der Waals surface area contributed by atoms with E-state index in [4.69, 9.17) is 9.72 Å². The van der Waals surface area contributed by atoms with Gasteiger partial charge in [-0.3, -0.25) is 9.88 Å². The lowest BCUT2D eigenvalue weighted by Gasteiger charge is -2.40. The summed E-state index contributed by atoms with van der Waals surface area (Å²) in [5.41, 5.74) is 3.54. The number of nitrogens with one attached hydrogen (secondary N) is 3. The number of H-pyrrole nitrogens is 1. The van der Waals surface area contributed by atoms with E-state index in [1.165, 1.54) is 0 Å². The molecule has 4 fully saturated rings. The van der Waals surface area contributed by atoms with Gasteiger partial charge in [0.2, 0.25) is 0 Å². The molecule has 4 aliphatic rings. The molecule has 13 heteroatoms. The smallest absolute Gasteiger partial charge is 0.319 e. The Morgan fingerprint density at radius 3 is 2.65 bits per heavy atom. The zero-order valence-electron chi connectivity index (χ0n) is 24.5. The average Bonchev–Trinajstić information content (AvgIpc) is 3.78. The van der Waals surface area contributed by atoms with Gasteiger partial charge in [0.15, 0.2) is 5.82 Å². The second-order valence-corrected chi connectivity index (χ2v) is 12.7. The summed E-state index contributed by atoms with van der Waals surface area (Å²) in [6.07, 6.45) is 7.82. The van der Waals surface area contributed by atoms with Gasteiger partial charge in [-0.15, -0.1) is 0 Å². The third-order valence-corrected chi connectivity index (χ3v) is 10.1. The van der Waals surface area contributed by atoms with Gasteiger partial charge in [-0.05, 0) is 82.7 Å². The van der Waals surface area contributed by atoms with Crippen LogP contribution in [-0.2, 0) is 0 Å². The maximum Gasteiger partial charge on any atom is 0.319 e. The number of amides is 2. The van der Waals surface area contributed by atoms with E-state index in [-0.39, 0.29) is 28.8 Å². The molecule has 1 aromatic carbocycles. The first-order chi connectivity index (χ1) is 20.8. The van der Waals surface area contributed by atoms with E-state index in [1.54, 1.807) is 6.20 Å². The summed E-state index contributed by atoms with van der Waals surface area (Å²) < 4.78 is 23.2. The number of piperidine rings is 1. The van der Waals surface area contributed by atoms with E-state index in [1.807, 2.05) is 19.9 Å². The molecule has 0 saturated carbocycles. The molecule has 4 saturated heterocycles.